The molecule has 1 N–H and O–H groups in total. The van der Waals surface area contributed by atoms with Crippen LogP contribution < -0.4 is 5.32 Å². The highest BCUT2D eigenvalue weighted by atomic mass is 32.1. The van der Waals surface area contributed by atoms with E-state index in [1.165, 1.54) is 11.3 Å². The zero-order valence-electron chi connectivity index (χ0n) is 11.8. The summed E-state index contributed by atoms with van der Waals surface area (Å²) >= 11 is 3.06. The first-order valence-electron chi connectivity index (χ1n) is 7.07. The summed E-state index contributed by atoms with van der Waals surface area (Å²) in [4.78, 5) is 14.0. The van der Waals surface area contributed by atoms with Crippen LogP contribution in [0.2, 0.25) is 0 Å². The first kappa shape index (κ1) is 14.6. The Morgan fingerprint density at radius 3 is 2.95 bits per heavy atom. The van der Waals surface area contributed by atoms with Crippen molar-refractivity contribution in [2.75, 3.05) is 6.61 Å². The minimum Gasteiger partial charge on any atom is -0.373 e. The van der Waals surface area contributed by atoms with Crippen molar-refractivity contribution >= 4 is 28.6 Å². The molecule has 1 atom stereocenters. The van der Waals surface area contributed by atoms with E-state index in [0.29, 0.717) is 6.54 Å². The zero-order valence-corrected chi connectivity index (χ0v) is 13.4. The molecule has 1 amide bonds. The molecule has 0 saturated carbocycles. The topological polar surface area (TPSA) is 64.1 Å². The number of thiophene rings is 1. The molecule has 7 heteroatoms. The van der Waals surface area contributed by atoms with Gasteiger partial charge in [0.15, 0.2) is 0 Å². The van der Waals surface area contributed by atoms with E-state index in [9.17, 15) is 4.79 Å². The SMILES string of the molecule is CCc1nnc(CNC(=O)c2ccc([C@@H]3CCCO3)s2)s1. The minimum absolute atomic E-state index is 0.0579. The molecular weight excluding hydrogens is 306 g/mol. The Labute approximate surface area is 131 Å². The van der Waals surface area contributed by atoms with E-state index in [2.05, 4.69) is 15.5 Å². The van der Waals surface area contributed by atoms with Crippen LogP contribution in [-0.2, 0) is 17.7 Å². The highest BCUT2D eigenvalue weighted by Crippen LogP contribution is 2.33. The minimum atomic E-state index is -0.0579. The first-order valence-corrected chi connectivity index (χ1v) is 8.70. The highest BCUT2D eigenvalue weighted by molar-refractivity contribution is 7.14. The second-order valence-electron chi connectivity index (χ2n) is 4.83. The van der Waals surface area contributed by atoms with Crippen molar-refractivity contribution in [3.63, 3.8) is 0 Å². The highest BCUT2D eigenvalue weighted by Gasteiger charge is 2.20. The summed E-state index contributed by atoms with van der Waals surface area (Å²) in [5, 5.41) is 12.8. The van der Waals surface area contributed by atoms with Crippen molar-refractivity contribution in [2.24, 2.45) is 0 Å². The molecule has 0 aromatic carbocycles. The van der Waals surface area contributed by atoms with E-state index in [1.807, 2.05) is 19.1 Å². The molecule has 21 heavy (non-hydrogen) atoms. The van der Waals surface area contributed by atoms with E-state index in [0.717, 1.165) is 45.6 Å². The lowest BCUT2D eigenvalue weighted by molar-refractivity contribution is 0.0955. The number of nitrogens with zero attached hydrogens (tertiary/aromatic N) is 2. The molecule has 1 aliphatic rings. The summed E-state index contributed by atoms with van der Waals surface area (Å²) in [6.45, 7) is 3.30. The zero-order chi connectivity index (χ0) is 14.7. The van der Waals surface area contributed by atoms with Crippen molar-refractivity contribution in [2.45, 2.75) is 38.8 Å². The first-order chi connectivity index (χ1) is 10.3. The summed E-state index contributed by atoms with van der Waals surface area (Å²) in [5.41, 5.74) is 0. The van der Waals surface area contributed by atoms with Gasteiger partial charge >= 0.3 is 0 Å². The Balaban J connectivity index is 1.57. The van der Waals surface area contributed by atoms with Gasteiger partial charge in [0.05, 0.1) is 17.5 Å². The third-order valence-corrected chi connectivity index (χ3v) is 5.55. The molecule has 2 aromatic rings. The number of hydrogen-bond acceptors (Lipinski definition) is 6. The average molecular weight is 323 g/mol. The summed E-state index contributed by atoms with van der Waals surface area (Å²) < 4.78 is 5.64. The molecule has 0 radical (unpaired) electrons. The van der Waals surface area contributed by atoms with Crippen LogP contribution in [0.3, 0.4) is 0 Å². The lowest BCUT2D eigenvalue weighted by atomic mass is 10.2. The molecule has 1 saturated heterocycles. The summed E-state index contributed by atoms with van der Waals surface area (Å²) in [7, 11) is 0. The molecule has 1 aliphatic heterocycles. The Hall–Kier alpha value is -1.31. The number of rotatable bonds is 5. The molecule has 112 valence electrons. The number of aromatic nitrogens is 2. The maximum atomic E-state index is 12.1. The van der Waals surface area contributed by atoms with Crippen molar-refractivity contribution in [1.82, 2.24) is 15.5 Å². The molecule has 3 heterocycles. The van der Waals surface area contributed by atoms with E-state index < -0.39 is 0 Å². The van der Waals surface area contributed by atoms with Crippen LogP contribution in [0.1, 0.15) is 50.4 Å². The van der Waals surface area contributed by atoms with Crippen molar-refractivity contribution in [3.8, 4) is 0 Å². The second-order valence-corrected chi connectivity index (χ2v) is 7.09. The predicted molar refractivity (Wildman–Crippen MR) is 82.7 cm³/mol. The van der Waals surface area contributed by atoms with E-state index in [-0.39, 0.29) is 12.0 Å². The fourth-order valence-electron chi connectivity index (χ4n) is 2.20. The smallest absolute Gasteiger partial charge is 0.261 e. The average Bonchev–Trinajstić information content (AvgIpc) is 3.24. The molecule has 0 bridgehead atoms. The van der Waals surface area contributed by atoms with Crippen LogP contribution in [0, 0.1) is 0 Å². The summed E-state index contributed by atoms with van der Waals surface area (Å²) in [6, 6.07) is 3.87. The number of amides is 1. The van der Waals surface area contributed by atoms with Crippen LogP contribution in [0.25, 0.3) is 0 Å². The van der Waals surface area contributed by atoms with Gasteiger partial charge in [0.1, 0.15) is 10.0 Å². The number of aryl methyl sites for hydroxylation is 1. The van der Waals surface area contributed by atoms with Gasteiger partial charge in [-0.2, -0.15) is 0 Å². The molecular formula is C14H17N3O2S2. The van der Waals surface area contributed by atoms with E-state index >= 15 is 0 Å². The van der Waals surface area contributed by atoms with Gasteiger partial charge in [-0.15, -0.1) is 21.5 Å². The molecule has 1 fully saturated rings. The molecule has 0 spiro atoms. The maximum Gasteiger partial charge on any atom is 0.261 e. The van der Waals surface area contributed by atoms with E-state index in [4.69, 9.17) is 4.74 Å². The standard InChI is InChI=1S/C14H17N3O2S2/c1-2-12-16-17-13(21-12)8-15-14(18)11-6-5-10(20-11)9-4-3-7-19-9/h5-6,9H,2-4,7-8H2,1H3,(H,15,18)/t9-/m0/s1. The number of ether oxygens (including phenoxy) is 1. The van der Waals surface area contributed by atoms with Crippen LogP contribution in [-0.4, -0.2) is 22.7 Å². The van der Waals surface area contributed by atoms with Gasteiger partial charge in [-0.25, -0.2) is 0 Å². The number of carbonyl (C=O) groups excluding carboxylic acids is 1. The fourth-order valence-corrected chi connectivity index (χ4v) is 3.93. The molecule has 0 aliphatic carbocycles. The fraction of sp³-hybridized carbons (Fsp3) is 0.500. The van der Waals surface area contributed by atoms with Gasteiger partial charge in [-0.05, 0) is 31.4 Å². The van der Waals surface area contributed by atoms with Crippen molar-refractivity contribution < 1.29 is 9.53 Å². The van der Waals surface area contributed by atoms with Gasteiger partial charge < -0.3 is 10.1 Å². The van der Waals surface area contributed by atoms with Crippen LogP contribution in [0.4, 0.5) is 0 Å². The normalized spacial score (nSPS) is 18.0. The largest absolute Gasteiger partial charge is 0.373 e. The van der Waals surface area contributed by atoms with Gasteiger partial charge in [-0.3, -0.25) is 4.79 Å². The molecule has 0 unspecified atom stereocenters. The van der Waals surface area contributed by atoms with Crippen LogP contribution in [0.15, 0.2) is 12.1 Å². The van der Waals surface area contributed by atoms with Crippen LogP contribution in [0.5, 0.6) is 0 Å². The monoisotopic (exact) mass is 323 g/mol. The quantitative estimate of drug-likeness (QED) is 0.919. The van der Waals surface area contributed by atoms with Gasteiger partial charge in [0, 0.05) is 11.5 Å². The Kier molecular flexibility index (Phi) is 4.62. The number of nitrogens with one attached hydrogen (secondary N) is 1. The van der Waals surface area contributed by atoms with Gasteiger partial charge in [0.25, 0.3) is 5.91 Å². The lowest BCUT2D eigenvalue weighted by Crippen LogP contribution is -2.21. The Morgan fingerprint density at radius 1 is 1.38 bits per heavy atom. The molecule has 3 rings (SSSR count). The lowest BCUT2D eigenvalue weighted by Gasteiger charge is -2.05. The summed E-state index contributed by atoms with van der Waals surface area (Å²) in [5.74, 6) is -0.0579. The van der Waals surface area contributed by atoms with Crippen LogP contribution >= 0.6 is 22.7 Å². The van der Waals surface area contributed by atoms with Gasteiger partial charge in [-0.1, -0.05) is 18.3 Å². The Bertz CT molecular complexity index is 617. The second kappa shape index (κ2) is 6.64. The summed E-state index contributed by atoms with van der Waals surface area (Å²) in [6.07, 6.45) is 3.20. The number of carbonyl (C=O) groups is 1. The Morgan fingerprint density at radius 2 is 2.24 bits per heavy atom. The van der Waals surface area contributed by atoms with Gasteiger partial charge in [0.2, 0.25) is 0 Å². The molecule has 2 aromatic heterocycles. The molecule has 5 nitrogen and oxygen atoms in total. The predicted octanol–water partition coefficient (Wildman–Crippen LogP) is 2.94. The third-order valence-electron chi connectivity index (χ3n) is 3.31. The number of hydrogen-bond donors (Lipinski definition) is 1. The third kappa shape index (κ3) is 3.48. The van der Waals surface area contributed by atoms with Crippen molar-refractivity contribution in [1.29, 1.82) is 0 Å². The van der Waals surface area contributed by atoms with Crippen molar-refractivity contribution in [3.05, 3.63) is 31.9 Å². The van der Waals surface area contributed by atoms with E-state index in [1.54, 1.807) is 11.3 Å². The maximum absolute atomic E-state index is 12.1.